The number of aromatic nitrogens is 2. The van der Waals surface area contributed by atoms with Crippen molar-refractivity contribution in [2.45, 2.75) is 6.54 Å². The number of benzene rings is 2. The fraction of sp³-hybridized carbons (Fsp3) is 0.0476. The predicted octanol–water partition coefficient (Wildman–Crippen LogP) is 5.84. The Kier molecular flexibility index (Phi) is 5.10. The molecule has 2 aromatic carbocycles. The molecule has 2 aromatic heterocycles. The Balaban J connectivity index is 1.63. The van der Waals surface area contributed by atoms with Crippen molar-refractivity contribution in [2.24, 2.45) is 5.10 Å². The first kappa shape index (κ1) is 17.6. The van der Waals surface area contributed by atoms with Crippen LogP contribution in [0.2, 0.25) is 10.0 Å². The third kappa shape index (κ3) is 3.97. The lowest BCUT2D eigenvalue weighted by molar-refractivity contribution is 0.836. The van der Waals surface area contributed by atoms with E-state index in [1.807, 2.05) is 48.7 Å². The lowest BCUT2D eigenvalue weighted by Crippen LogP contribution is -1.98. The molecule has 0 saturated carbocycles. The molecule has 0 aliphatic carbocycles. The summed E-state index contributed by atoms with van der Waals surface area (Å²) in [6.07, 6.45) is 7.36. The zero-order chi connectivity index (χ0) is 18.6. The SMILES string of the molecule is Clc1ccc(Cn2cc(/C=N\Nc3ccncc3)c3ccccc32)cc1Cl. The number of hydrogen-bond donors (Lipinski definition) is 1. The van der Waals surface area contributed by atoms with E-state index in [9.17, 15) is 0 Å². The van der Waals surface area contributed by atoms with Crippen LogP contribution >= 0.6 is 23.2 Å². The van der Waals surface area contributed by atoms with E-state index in [2.05, 4.69) is 38.4 Å². The van der Waals surface area contributed by atoms with Crippen molar-refractivity contribution in [3.05, 3.63) is 94.4 Å². The Morgan fingerprint density at radius 1 is 1.00 bits per heavy atom. The molecule has 0 unspecified atom stereocenters. The fourth-order valence-electron chi connectivity index (χ4n) is 2.95. The van der Waals surface area contributed by atoms with E-state index in [1.165, 1.54) is 0 Å². The van der Waals surface area contributed by atoms with Gasteiger partial charge in [0.2, 0.25) is 0 Å². The number of nitrogens with zero attached hydrogens (tertiary/aromatic N) is 3. The molecule has 0 spiro atoms. The van der Waals surface area contributed by atoms with E-state index >= 15 is 0 Å². The standard InChI is InChI=1S/C21H16Cl2N4/c22-19-6-5-15(11-20(19)23)13-27-14-16(18-3-1-2-4-21(18)27)12-25-26-17-7-9-24-10-8-17/h1-12,14H,13H2,(H,24,26)/b25-12-. The Morgan fingerprint density at radius 2 is 1.81 bits per heavy atom. The van der Waals surface area contributed by atoms with E-state index in [4.69, 9.17) is 23.2 Å². The van der Waals surface area contributed by atoms with Crippen LogP contribution in [0.3, 0.4) is 0 Å². The molecule has 134 valence electrons. The van der Waals surface area contributed by atoms with Crippen LogP contribution in [0.25, 0.3) is 10.9 Å². The second-order valence-corrected chi connectivity index (χ2v) is 6.90. The quantitative estimate of drug-likeness (QED) is 0.341. The molecule has 0 saturated heterocycles. The van der Waals surface area contributed by atoms with Gasteiger partial charge in [-0.3, -0.25) is 10.4 Å². The highest BCUT2D eigenvalue weighted by atomic mass is 35.5. The maximum absolute atomic E-state index is 6.16. The first-order valence-electron chi connectivity index (χ1n) is 8.41. The molecule has 0 bridgehead atoms. The van der Waals surface area contributed by atoms with Crippen molar-refractivity contribution < 1.29 is 0 Å². The topological polar surface area (TPSA) is 42.2 Å². The molecule has 6 heteroatoms. The highest BCUT2D eigenvalue weighted by Crippen LogP contribution is 2.25. The van der Waals surface area contributed by atoms with Gasteiger partial charge < -0.3 is 4.57 Å². The van der Waals surface area contributed by atoms with Gasteiger partial charge in [0, 0.05) is 41.6 Å². The minimum Gasteiger partial charge on any atom is -0.342 e. The van der Waals surface area contributed by atoms with Crippen LogP contribution in [0.4, 0.5) is 5.69 Å². The van der Waals surface area contributed by atoms with Gasteiger partial charge in [-0.05, 0) is 35.9 Å². The van der Waals surface area contributed by atoms with Gasteiger partial charge >= 0.3 is 0 Å². The highest BCUT2D eigenvalue weighted by molar-refractivity contribution is 6.42. The van der Waals surface area contributed by atoms with Crippen LogP contribution in [0.15, 0.2) is 78.3 Å². The molecule has 0 amide bonds. The first-order valence-corrected chi connectivity index (χ1v) is 9.17. The lowest BCUT2D eigenvalue weighted by atomic mass is 10.2. The van der Waals surface area contributed by atoms with Crippen LogP contribution in [-0.4, -0.2) is 15.8 Å². The van der Waals surface area contributed by atoms with Crippen LogP contribution in [0.1, 0.15) is 11.1 Å². The monoisotopic (exact) mass is 394 g/mol. The van der Waals surface area contributed by atoms with Gasteiger partial charge in [-0.2, -0.15) is 5.10 Å². The van der Waals surface area contributed by atoms with E-state index in [-0.39, 0.29) is 0 Å². The van der Waals surface area contributed by atoms with Crippen molar-refractivity contribution in [3.63, 3.8) is 0 Å². The molecule has 0 fully saturated rings. The molecule has 0 aliphatic rings. The Bertz CT molecular complexity index is 1100. The summed E-state index contributed by atoms with van der Waals surface area (Å²) in [5, 5.41) is 6.62. The van der Waals surface area contributed by atoms with Gasteiger partial charge in [-0.1, -0.05) is 47.5 Å². The third-order valence-electron chi connectivity index (χ3n) is 4.23. The van der Waals surface area contributed by atoms with Crippen molar-refractivity contribution in [1.29, 1.82) is 0 Å². The van der Waals surface area contributed by atoms with Crippen molar-refractivity contribution in [2.75, 3.05) is 5.43 Å². The molecular weight excluding hydrogens is 379 g/mol. The second kappa shape index (κ2) is 7.82. The van der Waals surface area contributed by atoms with Gasteiger partial charge in [0.05, 0.1) is 21.9 Å². The van der Waals surface area contributed by atoms with Crippen molar-refractivity contribution in [1.82, 2.24) is 9.55 Å². The average Bonchev–Trinajstić information content (AvgIpc) is 3.03. The summed E-state index contributed by atoms with van der Waals surface area (Å²) in [4.78, 5) is 3.99. The number of anilines is 1. The molecule has 4 aromatic rings. The summed E-state index contributed by atoms with van der Waals surface area (Å²) in [5.41, 5.74) is 7.16. The number of rotatable bonds is 5. The predicted molar refractivity (Wildman–Crippen MR) is 113 cm³/mol. The molecule has 4 nitrogen and oxygen atoms in total. The zero-order valence-corrected chi connectivity index (χ0v) is 15.8. The smallest absolute Gasteiger partial charge is 0.0595 e. The maximum Gasteiger partial charge on any atom is 0.0595 e. The Hall–Kier alpha value is -2.82. The summed E-state index contributed by atoms with van der Waals surface area (Å²) < 4.78 is 2.18. The fourth-order valence-corrected chi connectivity index (χ4v) is 3.27. The minimum absolute atomic E-state index is 0.563. The Labute approximate surface area is 167 Å². The number of hydrazone groups is 1. The van der Waals surface area contributed by atoms with Gasteiger partial charge in [-0.25, -0.2) is 0 Å². The summed E-state index contributed by atoms with van der Waals surface area (Å²) in [7, 11) is 0. The molecule has 0 radical (unpaired) electrons. The van der Waals surface area contributed by atoms with Crippen LogP contribution in [0.5, 0.6) is 0 Å². The van der Waals surface area contributed by atoms with E-state index in [0.29, 0.717) is 16.6 Å². The second-order valence-electron chi connectivity index (χ2n) is 6.08. The molecule has 0 aliphatic heterocycles. The number of nitrogens with one attached hydrogen (secondary N) is 1. The number of pyridine rings is 1. The first-order chi connectivity index (χ1) is 13.2. The number of fused-ring (bicyclic) bond motifs is 1. The summed E-state index contributed by atoms with van der Waals surface area (Å²) in [6.45, 7) is 0.697. The molecular formula is C21H16Cl2N4. The minimum atomic E-state index is 0.563. The number of hydrogen-bond acceptors (Lipinski definition) is 3. The molecule has 1 N–H and O–H groups in total. The lowest BCUT2D eigenvalue weighted by Gasteiger charge is -2.06. The van der Waals surface area contributed by atoms with Crippen molar-refractivity contribution >= 4 is 46.0 Å². The average molecular weight is 395 g/mol. The molecule has 4 rings (SSSR count). The summed E-state index contributed by atoms with van der Waals surface area (Å²) >= 11 is 12.2. The zero-order valence-electron chi connectivity index (χ0n) is 14.3. The highest BCUT2D eigenvalue weighted by Gasteiger charge is 2.08. The van der Waals surface area contributed by atoms with E-state index in [1.54, 1.807) is 12.4 Å². The molecule has 27 heavy (non-hydrogen) atoms. The summed E-state index contributed by atoms with van der Waals surface area (Å²) in [5.74, 6) is 0. The number of halogens is 2. The van der Waals surface area contributed by atoms with Gasteiger partial charge in [-0.15, -0.1) is 0 Å². The van der Waals surface area contributed by atoms with Gasteiger partial charge in [0.25, 0.3) is 0 Å². The molecule has 2 heterocycles. The Morgan fingerprint density at radius 3 is 2.63 bits per heavy atom. The van der Waals surface area contributed by atoms with Crippen LogP contribution in [-0.2, 0) is 6.54 Å². The van der Waals surface area contributed by atoms with E-state index < -0.39 is 0 Å². The number of para-hydroxylation sites is 1. The third-order valence-corrected chi connectivity index (χ3v) is 4.97. The van der Waals surface area contributed by atoms with Crippen molar-refractivity contribution in [3.8, 4) is 0 Å². The summed E-state index contributed by atoms with van der Waals surface area (Å²) in [6, 6.07) is 17.7. The normalized spacial score (nSPS) is 11.3. The van der Waals surface area contributed by atoms with E-state index in [0.717, 1.165) is 27.7 Å². The largest absolute Gasteiger partial charge is 0.342 e. The van der Waals surface area contributed by atoms with Crippen LogP contribution < -0.4 is 5.43 Å². The molecule has 0 atom stereocenters. The maximum atomic E-state index is 6.16. The van der Waals surface area contributed by atoms with Gasteiger partial charge in [0.15, 0.2) is 0 Å². The van der Waals surface area contributed by atoms with Crippen LogP contribution in [0, 0.1) is 0 Å². The van der Waals surface area contributed by atoms with Gasteiger partial charge in [0.1, 0.15) is 0 Å².